The number of sulfonamides is 1. The fraction of sp³-hybridized carbons (Fsp3) is 0.391. The average molecular weight is 481 g/mol. The average Bonchev–Trinajstić information content (AvgIpc) is 2.77. The highest BCUT2D eigenvalue weighted by Gasteiger charge is 2.38. The molecule has 172 valence electrons. The van der Waals surface area contributed by atoms with Gasteiger partial charge in [0.15, 0.2) is 0 Å². The maximum atomic E-state index is 14.8. The van der Waals surface area contributed by atoms with Gasteiger partial charge in [-0.3, -0.25) is 9.59 Å². The normalized spacial score (nSPS) is 19.0. The number of hydrogen-bond donors (Lipinski definition) is 1. The molecule has 3 rings (SSSR count). The summed E-state index contributed by atoms with van der Waals surface area (Å²) < 4.78 is 42.9. The first kappa shape index (κ1) is 24.4. The van der Waals surface area contributed by atoms with Crippen LogP contribution >= 0.6 is 11.6 Å². The number of ketones is 1. The van der Waals surface area contributed by atoms with Gasteiger partial charge in [-0.15, -0.1) is 0 Å². The summed E-state index contributed by atoms with van der Waals surface area (Å²) in [7, 11) is -3.98. The monoisotopic (exact) mass is 480 g/mol. The first-order valence-corrected chi connectivity index (χ1v) is 12.3. The van der Waals surface area contributed by atoms with E-state index in [0.717, 1.165) is 12.8 Å². The van der Waals surface area contributed by atoms with Crippen LogP contribution in [0.1, 0.15) is 48.5 Å². The predicted octanol–water partition coefficient (Wildman–Crippen LogP) is 4.13. The molecule has 9 heteroatoms. The molecule has 2 atom stereocenters. The minimum atomic E-state index is -3.98. The van der Waals surface area contributed by atoms with Gasteiger partial charge >= 0.3 is 0 Å². The molecule has 1 amide bonds. The smallest absolute Gasteiger partial charge is 0.251 e. The number of benzene rings is 2. The van der Waals surface area contributed by atoms with Crippen molar-refractivity contribution < 1.29 is 22.4 Å². The molecule has 0 saturated heterocycles. The Hall–Kier alpha value is -2.29. The maximum Gasteiger partial charge on any atom is 0.251 e. The van der Waals surface area contributed by atoms with E-state index < -0.39 is 28.1 Å². The Balaban J connectivity index is 1.87. The van der Waals surface area contributed by atoms with E-state index in [0.29, 0.717) is 29.0 Å². The molecule has 1 N–H and O–H groups in total. The van der Waals surface area contributed by atoms with Crippen molar-refractivity contribution in [3.63, 3.8) is 0 Å². The number of amides is 1. The van der Waals surface area contributed by atoms with Crippen molar-refractivity contribution in [1.82, 2.24) is 9.62 Å². The Kier molecular flexibility index (Phi) is 8.03. The summed E-state index contributed by atoms with van der Waals surface area (Å²) in [5.74, 6) is -0.556. The molecule has 0 radical (unpaired) electrons. The first-order valence-electron chi connectivity index (χ1n) is 10.5. The number of nitrogens with one attached hydrogen (secondary N) is 1. The molecule has 2 unspecified atom stereocenters. The summed E-state index contributed by atoms with van der Waals surface area (Å²) in [6.45, 7) is 1.29. The highest BCUT2D eigenvalue weighted by atomic mass is 35.5. The summed E-state index contributed by atoms with van der Waals surface area (Å²) in [5.41, 5.74) is 0.978. The fourth-order valence-corrected chi connectivity index (χ4v) is 5.55. The van der Waals surface area contributed by atoms with E-state index in [1.165, 1.54) is 35.5 Å². The molecular weight excluding hydrogens is 455 g/mol. The van der Waals surface area contributed by atoms with Crippen LogP contribution in [0.4, 0.5) is 4.39 Å². The van der Waals surface area contributed by atoms with Crippen molar-refractivity contribution in [2.45, 2.75) is 56.3 Å². The molecular formula is C23H26ClFN2O4S. The molecule has 6 nitrogen and oxygen atoms in total. The van der Waals surface area contributed by atoms with Gasteiger partial charge < -0.3 is 5.32 Å². The van der Waals surface area contributed by atoms with Crippen LogP contribution in [-0.2, 0) is 21.4 Å². The third kappa shape index (κ3) is 5.94. The number of nitrogens with zero attached hydrogens (tertiary/aromatic N) is 1. The standard InChI is InChI=1S/C23H26ClFN2O4S/c1-16(28)14-26-23(29)18-8-6-17(7-9-18)15-27(22-5-3-2-4-21(22)25)32(30,31)20-12-10-19(24)11-13-20/h6-13,21-22H,2-5,14-15H2,1H3,(H,26,29). The number of alkyl halides is 1. The number of Topliss-reactive ketones (excluding diaryl/α,β-unsaturated/α-hetero) is 1. The first-order chi connectivity index (χ1) is 15.2. The minimum absolute atomic E-state index is 0.0224. The molecule has 1 fully saturated rings. The largest absolute Gasteiger partial charge is 0.345 e. The van der Waals surface area contributed by atoms with Crippen molar-refractivity contribution in [1.29, 1.82) is 0 Å². The van der Waals surface area contributed by atoms with Crippen molar-refractivity contribution in [2.24, 2.45) is 0 Å². The topological polar surface area (TPSA) is 83.6 Å². The Morgan fingerprint density at radius 3 is 2.28 bits per heavy atom. The van der Waals surface area contributed by atoms with E-state index in [2.05, 4.69) is 5.32 Å². The van der Waals surface area contributed by atoms with Gasteiger partial charge in [0.25, 0.3) is 5.91 Å². The van der Waals surface area contributed by atoms with Crippen molar-refractivity contribution >= 4 is 33.3 Å². The highest BCUT2D eigenvalue weighted by molar-refractivity contribution is 7.89. The lowest BCUT2D eigenvalue weighted by atomic mass is 9.93. The van der Waals surface area contributed by atoms with Crippen molar-refractivity contribution in [2.75, 3.05) is 6.54 Å². The highest BCUT2D eigenvalue weighted by Crippen LogP contribution is 2.31. The molecule has 0 heterocycles. The zero-order valence-electron chi connectivity index (χ0n) is 17.8. The van der Waals surface area contributed by atoms with Gasteiger partial charge in [0.2, 0.25) is 10.0 Å². The van der Waals surface area contributed by atoms with Crippen LogP contribution in [0.3, 0.4) is 0 Å². The lowest BCUT2D eigenvalue weighted by Crippen LogP contribution is -2.46. The molecule has 2 aromatic rings. The van der Waals surface area contributed by atoms with E-state index in [-0.39, 0.29) is 23.8 Å². The van der Waals surface area contributed by atoms with Gasteiger partial charge in [-0.05, 0) is 61.7 Å². The van der Waals surface area contributed by atoms with Crippen LogP contribution in [0.5, 0.6) is 0 Å². The molecule has 0 aliphatic heterocycles. The summed E-state index contributed by atoms with van der Waals surface area (Å²) in [4.78, 5) is 23.2. The van der Waals surface area contributed by atoms with Gasteiger partial charge in [-0.25, -0.2) is 12.8 Å². The molecule has 1 saturated carbocycles. The molecule has 0 spiro atoms. The Bertz CT molecular complexity index is 1060. The minimum Gasteiger partial charge on any atom is -0.345 e. The quantitative estimate of drug-likeness (QED) is 0.615. The van der Waals surface area contributed by atoms with E-state index in [1.54, 1.807) is 24.3 Å². The molecule has 32 heavy (non-hydrogen) atoms. The van der Waals surface area contributed by atoms with Gasteiger partial charge in [0, 0.05) is 17.1 Å². The second kappa shape index (κ2) is 10.6. The second-order valence-electron chi connectivity index (χ2n) is 7.95. The second-order valence-corrected chi connectivity index (χ2v) is 10.3. The van der Waals surface area contributed by atoms with Gasteiger partial charge in [-0.2, -0.15) is 4.31 Å². The van der Waals surface area contributed by atoms with Gasteiger partial charge in [0.05, 0.1) is 17.5 Å². The molecule has 2 aromatic carbocycles. The lowest BCUT2D eigenvalue weighted by Gasteiger charge is -2.35. The summed E-state index contributed by atoms with van der Waals surface area (Å²) in [6, 6.07) is 11.5. The molecule has 1 aliphatic carbocycles. The Labute approximate surface area is 192 Å². The van der Waals surface area contributed by atoms with Crippen LogP contribution in [-0.4, -0.2) is 43.2 Å². The fourth-order valence-electron chi connectivity index (χ4n) is 3.76. The zero-order valence-corrected chi connectivity index (χ0v) is 19.3. The summed E-state index contributed by atoms with van der Waals surface area (Å²) in [5, 5.41) is 2.92. The Morgan fingerprint density at radius 1 is 1.06 bits per heavy atom. The van der Waals surface area contributed by atoms with E-state index in [1.807, 2.05) is 0 Å². The van der Waals surface area contributed by atoms with E-state index in [9.17, 15) is 22.4 Å². The summed E-state index contributed by atoms with van der Waals surface area (Å²) >= 11 is 5.90. The molecule has 0 aromatic heterocycles. The maximum absolute atomic E-state index is 14.8. The summed E-state index contributed by atoms with van der Waals surface area (Å²) in [6.07, 6.45) is 1.01. The number of halogens is 2. The van der Waals surface area contributed by atoms with Crippen molar-refractivity contribution in [3.8, 4) is 0 Å². The van der Waals surface area contributed by atoms with Crippen LogP contribution in [0.25, 0.3) is 0 Å². The van der Waals surface area contributed by atoms with Crippen LogP contribution in [0, 0.1) is 0 Å². The predicted molar refractivity (Wildman–Crippen MR) is 121 cm³/mol. The number of carbonyl (C=O) groups excluding carboxylic acids is 2. The van der Waals surface area contributed by atoms with Crippen LogP contribution in [0.2, 0.25) is 5.02 Å². The van der Waals surface area contributed by atoms with E-state index >= 15 is 0 Å². The Morgan fingerprint density at radius 2 is 1.69 bits per heavy atom. The molecule has 1 aliphatic rings. The third-order valence-electron chi connectivity index (χ3n) is 5.49. The number of rotatable bonds is 8. The SMILES string of the molecule is CC(=O)CNC(=O)c1ccc(CN(C2CCCCC2F)S(=O)(=O)c2ccc(Cl)cc2)cc1. The van der Waals surface area contributed by atoms with Gasteiger partial charge in [0.1, 0.15) is 12.0 Å². The van der Waals surface area contributed by atoms with Crippen LogP contribution in [0.15, 0.2) is 53.4 Å². The molecule has 0 bridgehead atoms. The number of carbonyl (C=O) groups is 2. The van der Waals surface area contributed by atoms with Crippen LogP contribution < -0.4 is 5.32 Å². The van der Waals surface area contributed by atoms with Gasteiger partial charge in [-0.1, -0.05) is 36.6 Å². The van der Waals surface area contributed by atoms with E-state index in [4.69, 9.17) is 11.6 Å². The lowest BCUT2D eigenvalue weighted by molar-refractivity contribution is -0.116. The number of hydrogen-bond acceptors (Lipinski definition) is 4. The van der Waals surface area contributed by atoms with Crippen molar-refractivity contribution in [3.05, 3.63) is 64.7 Å². The zero-order chi connectivity index (χ0) is 23.3. The third-order valence-corrected chi connectivity index (χ3v) is 7.63.